The molecule has 33 valence electrons. The van der Waals surface area contributed by atoms with Crippen molar-refractivity contribution in [2.24, 2.45) is 0 Å². The second-order valence-corrected chi connectivity index (χ2v) is 2.83. The summed E-state index contributed by atoms with van der Waals surface area (Å²) in [6.45, 7) is 0. The maximum atomic E-state index is 9.23. The number of halogens is 1. The summed E-state index contributed by atoms with van der Waals surface area (Å²) in [5.41, 5.74) is 0. The van der Waals surface area contributed by atoms with E-state index in [2.05, 4.69) is 3.12 Å². The van der Waals surface area contributed by atoms with Gasteiger partial charge >= 0.3 is 46.0 Å². The summed E-state index contributed by atoms with van der Waals surface area (Å²) >= 11 is 0.0212. The molecule has 0 aromatic rings. The van der Waals surface area contributed by atoms with Crippen LogP contribution in [-0.2, 0) is 21.8 Å². The SMILES string of the molecule is [O-][Cl+3]([O-])([O-])[O][Zn]. The Labute approximate surface area is 46.5 Å². The number of hydrogen-bond acceptors (Lipinski definition) is 4. The molecule has 0 N–H and O–H groups in total. The molecule has 0 atom stereocenters. The molecule has 0 rings (SSSR count). The molecule has 0 heterocycles. The van der Waals surface area contributed by atoms with Crippen molar-refractivity contribution in [1.29, 1.82) is 0 Å². The van der Waals surface area contributed by atoms with Crippen molar-refractivity contribution >= 4 is 0 Å². The van der Waals surface area contributed by atoms with Gasteiger partial charge in [0.05, 0.1) is 0 Å². The van der Waals surface area contributed by atoms with Crippen LogP contribution in [0, 0.1) is 10.2 Å². The van der Waals surface area contributed by atoms with Crippen molar-refractivity contribution in [3.63, 3.8) is 0 Å². The van der Waals surface area contributed by atoms with Gasteiger partial charge in [0, 0.05) is 0 Å². The molecule has 0 amide bonds. The average Bonchev–Trinajstić information content (AvgIpc) is 1.35. The summed E-state index contributed by atoms with van der Waals surface area (Å²) in [6.07, 6.45) is 0. The number of rotatable bonds is 1. The van der Waals surface area contributed by atoms with Gasteiger partial charge in [0.1, 0.15) is 0 Å². The summed E-state index contributed by atoms with van der Waals surface area (Å²) < 4.78 is 31.1. The molecular weight excluding hydrogens is 165 g/mol. The molecule has 0 aliphatic heterocycles. The molecule has 0 aliphatic rings. The third-order valence-corrected chi connectivity index (χ3v) is 2.08. The van der Waals surface area contributed by atoms with E-state index < -0.39 is 10.2 Å². The van der Waals surface area contributed by atoms with Crippen LogP contribution < -0.4 is 14.0 Å². The fourth-order valence-electron chi connectivity index (χ4n) is 0. The Morgan fingerprint density at radius 2 is 1.50 bits per heavy atom. The van der Waals surface area contributed by atoms with Crippen molar-refractivity contribution in [2.75, 3.05) is 0 Å². The Balaban J connectivity index is 3.17. The van der Waals surface area contributed by atoms with Gasteiger partial charge in [-0.2, -0.15) is 0 Å². The van der Waals surface area contributed by atoms with E-state index in [-0.39, 0.29) is 18.7 Å². The molecule has 0 bridgehead atoms. The molecule has 0 unspecified atom stereocenters. The third kappa shape index (κ3) is 4.75. The van der Waals surface area contributed by atoms with Crippen LogP contribution in [0.3, 0.4) is 0 Å². The standard InChI is InChI=1S/ClHO4.Zn/c2-1(3,4)5;/h(H,2,3,4,5);/q;+1/p-1. The molecule has 0 aromatic heterocycles. The first-order valence-corrected chi connectivity index (χ1v) is 3.35. The molecule has 6 heteroatoms. The predicted molar refractivity (Wildman–Crippen MR) is 1.08 cm³/mol. The van der Waals surface area contributed by atoms with Crippen molar-refractivity contribution in [3.8, 4) is 0 Å². The van der Waals surface area contributed by atoms with Crippen molar-refractivity contribution in [2.45, 2.75) is 0 Å². The normalized spacial score (nSPS) is 12.2. The van der Waals surface area contributed by atoms with E-state index in [0.29, 0.717) is 0 Å². The monoisotopic (exact) mass is 163 g/mol. The molecule has 6 heavy (non-hydrogen) atoms. The van der Waals surface area contributed by atoms with Gasteiger partial charge in [0.2, 0.25) is 0 Å². The first-order valence-electron chi connectivity index (χ1n) is 0.906. The van der Waals surface area contributed by atoms with Gasteiger partial charge in [0.25, 0.3) is 0 Å². The minimum absolute atomic E-state index is 0.0212. The molecule has 0 saturated heterocycles. The van der Waals surface area contributed by atoms with E-state index in [0.717, 1.165) is 0 Å². The average molecular weight is 165 g/mol. The maximum absolute atomic E-state index is 9.23. The van der Waals surface area contributed by atoms with Gasteiger partial charge in [-0.1, -0.05) is 0 Å². The molecular formula is ClO4Zn. The summed E-state index contributed by atoms with van der Waals surface area (Å²) in [5.74, 6) is 0. The Bertz CT molecular complexity index is 37.3. The van der Waals surface area contributed by atoms with Gasteiger partial charge in [-0.05, 0) is 0 Å². The predicted octanol–water partition coefficient (Wildman–Crippen LogP) is -3.64. The fraction of sp³-hybridized carbons (Fsp3) is 0. The van der Waals surface area contributed by atoms with Gasteiger partial charge in [-0.15, -0.1) is 0 Å². The van der Waals surface area contributed by atoms with E-state index in [1.54, 1.807) is 0 Å². The molecule has 0 aliphatic carbocycles. The summed E-state index contributed by atoms with van der Waals surface area (Å²) in [7, 11) is -4.12. The van der Waals surface area contributed by atoms with Crippen molar-refractivity contribution in [3.05, 3.63) is 0 Å². The topological polar surface area (TPSA) is 78.4 Å². The summed E-state index contributed by atoms with van der Waals surface area (Å²) in [5, 5.41) is 0. The van der Waals surface area contributed by atoms with E-state index in [1.165, 1.54) is 0 Å². The van der Waals surface area contributed by atoms with Crippen LogP contribution in [-0.4, -0.2) is 0 Å². The molecule has 0 spiro atoms. The Hall–Kier alpha value is 0.753. The van der Waals surface area contributed by atoms with Crippen LogP contribution in [0.25, 0.3) is 0 Å². The van der Waals surface area contributed by atoms with Crippen molar-refractivity contribution < 1.29 is 46.0 Å². The van der Waals surface area contributed by atoms with Crippen LogP contribution in [0.5, 0.6) is 0 Å². The van der Waals surface area contributed by atoms with E-state index >= 15 is 0 Å². The van der Waals surface area contributed by atoms with E-state index in [4.69, 9.17) is 0 Å². The van der Waals surface area contributed by atoms with Gasteiger partial charge in [0.15, 0.2) is 0 Å². The summed E-state index contributed by atoms with van der Waals surface area (Å²) in [6, 6.07) is 0. The van der Waals surface area contributed by atoms with Crippen LogP contribution in [0.2, 0.25) is 0 Å². The Morgan fingerprint density at radius 1 is 1.33 bits per heavy atom. The first kappa shape index (κ1) is 6.75. The van der Waals surface area contributed by atoms with Crippen LogP contribution in [0.15, 0.2) is 0 Å². The van der Waals surface area contributed by atoms with E-state index in [1.807, 2.05) is 0 Å². The molecule has 0 saturated carbocycles. The zero-order valence-corrected chi connectivity index (χ0v) is 6.44. The quantitative estimate of drug-likeness (QED) is 0.375. The minimum atomic E-state index is -4.12. The summed E-state index contributed by atoms with van der Waals surface area (Å²) in [4.78, 5) is 0. The zero-order valence-electron chi connectivity index (χ0n) is 2.72. The second kappa shape index (κ2) is 2.16. The van der Waals surface area contributed by atoms with Crippen LogP contribution >= 0.6 is 0 Å². The Kier molecular flexibility index (Phi) is 2.43. The molecule has 0 fully saturated rings. The first-order chi connectivity index (χ1) is 2.56. The third-order valence-electron chi connectivity index (χ3n) is 0.134. The van der Waals surface area contributed by atoms with Gasteiger partial charge < -0.3 is 0 Å². The molecule has 4 nitrogen and oxygen atoms in total. The van der Waals surface area contributed by atoms with Crippen LogP contribution in [0.1, 0.15) is 0 Å². The zero-order chi connectivity index (χ0) is 5.21. The number of hydrogen-bond donors (Lipinski definition) is 0. The van der Waals surface area contributed by atoms with Gasteiger partial charge in [-0.3, -0.25) is 0 Å². The molecule has 0 aromatic carbocycles. The van der Waals surface area contributed by atoms with Crippen LogP contribution in [0.4, 0.5) is 0 Å². The van der Waals surface area contributed by atoms with E-state index in [9.17, 15) is 14.0 Å². The Morgan fingerprint density at radius 3 is 1.50 bits per heavy atom. The molecule has 0 radical (unpaired) electrons. The van der Waals surface area contributed by atoms with Gasteiger partial charge in [-0.25, -0.2) is 0 Å². The van der Waals surface area contributed by atoms with Crippen molar-refractivity contribution in [1.82, 2.24) is 0 Å². The fourth-order valence-corrected chi connectivity index (χ4v) is 0. The second-order valence-electron chi connectivity index (χ2n) is 0.487.